The highest BCUT2D eigenvalue weighted by Gasteiger charge is 2.51. The van der Waals surface area contributed by atoms with Crippen LogP contribution in [0.3, 0.4) is 0 Å². The average molecular weight is 698 g/mol. The van der Waals surface area contributed by atoms with Gasteiger partial charge < -0.3 is 4.90 Å². The van der Waals surface area contributed by atoms with E-state index in [9.17, 15) is 0 Å². The Morgan fingerprint density at radius 3 is 1.63 bits per heavy atom. The predicted octanol–water partition coefficient (Wildman–Crippen LogP) is 14.4. The Morgan fingerprint density at radius 1 is 0.463 bits per heavy atom. The first-order valence-electron chi connectivity index (χ1n) is 20.3. The molecular weight excluding hydrogens is 651 g/mol. The minimum atomic E-state index is -0.0648. The summed E-state index contributed by atoms with van der Waals surface area (Å²) in [6.45, 7) is 4.77. The van der Waals surface area contributed by atoms with E-state index in [1.165, 1.54) is 111 Å². The maximum absolute atomic E-state index is 2.53. The van der Waals surface area contributed by atoms with Gasteiger partial charge in [-0.1, -0.05) is 141 Å². The molecule has 0 heterocycles. The molecule has 4 bridgehead atoms. The Kier molecular flexibility index (Phi) is 7.16. The lowest BCUT2D eigenvalue weighted by atomic mass is 9.48. The van der Waals surface area contributed by atoms with Crippen molar-refractivity contribution >= 4 is 27.8 Å². The van der Waals surface area contributed by atoms with E-state index < -0.39 is 0 Å². The van der Waals surface area contributed by atoms with E-state index in [1.54, 1.807) is 5.56 Å². The summed E-state index contributed by atoms with van der Waals surface area (Å²) >= 11 is 0. The van der Waals surface area contributed by atoms with Crippen molar-refractivity contribution in [3.8, 4) is 33.4 Å². The Labute approximate surface area is 320 Å². The van der Waals surface area contributed by atoms with Crippen molar-refractivity contribution in [3.63, 3.8) is 0 Å². The van der Waals surface area contributed by atoms with Gasteiger partial charge >= 0.3 is 0 Å². The summed E-state index contributed by atoms with van der Waals surface area (Å²) in [5.74, 6) is 2.81. The van der Waals surface area contributed by atoms with E-state index in [1.807, 2.05) is 0 Å². The highest BCUT2D eigenvalue weighted by Crippen LogP contribution is 2.61. The van der Waals surface area contributed by atoms with Crippen LogP contribution in [0.25, 0.3) is 44.2 Å². The maximum Gasteiger partial charge on any atom is 0.0543 e. The predicted molar refractivity (Wildman–Crippen MR) is 227 cm³/mol. The van der Waals surface area contributed by atoms with Gasteiger partial charge in [0.1, 0.15) is 0 Å². The molecule has 4 saturated carbocycles. The Balaban J connectivity index is 1.05. The van der Waals surface area contributed by atoms with Crippen molar-refractivity contribution < 1.29 is 0 Å². The third-order valence-corrected chi connectivity index (χ3v) is 14.0. The van der Waals surface area contributed by atoms with Crippen LogP contribution in [-0.4, -0.2) is 0 Å². The average Bonchev–Trinajstić information content (AvgIpc) is 3.44. The van der Waals surface area contributed by atoms with Gasteiger partial charge in [-0.25, -0.2) is 0 Å². The fourth-order valence-electron chi connectivity index (χ4n) is 12.0. The van der Waals surface area contributed by atoms with E-state index in [2.05, 4.69) is 176 Å². The zero-order chi connectivity index (χ0) is 36.0. The molecule has 7 aromatic carbocycles. The van der Waals surface area contributed by atoms with Crippen LogP contribution in [-0.2, 0) is 10.8 Å². The van der Waals surface area contributed by atoms with Gasteiger partial charge in [0.15, 0.2) is 0 Å². The first kappa shape index (κ1) is 32.1. The molecule has 264 valence electrons. The van der Waals surface area contributed by atoms with Crippen LogP contribution in [0, 0.1) is 17.8 Å². The van der Waals surface area contributed by atoms with Crippen LogP contribution in [0.1, 0.15) is 69.1 Å². The van der Waals surface area contributed by atoms with Gasteiger partial charge in [0, 0.05) is 22.4 Å². The molecule has 7 aromatic rings. The summed E-state index contributed by atoms with van der Waals surface area (Å²) in [6, 6.07) is 59.5. The lowest BCUT2D eigenvalue weighted by Gasteiger charge is -2.57. The lowest BCUT2D eigenvalue weighted by molar-refractivity contribution is -0.00518. The molecule has 5 aliphatic carbocycles. The normalized spacial score (nSPS) is 23.0. The fraction of sp³-hybridized carbons (Fsp3) is 0.245. The highest BCUT2D eigenvalue weighted by molar-refractivity contribution is 6.06. The minimum Gasteiger partial charge on any atom is -0.310 e. The molecule has 0 N–H and O–H groups in total. The number of rotatable bonds is 6. The standard InChI is InChI=1S/C53H47N/c1-52(2)47-18-7-6-15-46(47)51-48(52)19-10-20-49(51)54(43-27-23-41(24-28-43)53-32-35-29-36(33-53)31-37(30-35)34-53)42-25-21-39(22-26-42)45-17-9-14-40-13-8-16-44(50(40)45)38-11-4-3-5-12-38/h3-28,35-37H,29-34H2,1-2H3. The van der Waals surface area contributed by atoms with Gasteiger partial charge in [0.2, 0.25) is 0 Å². The lowest BCUT2D eigenvalue weighted by Crippen LogP contribution is -2.48. The maximum atomic E-state index is 2.53. The summed E-state index contributed by atoms with van der Waals surface area (Å²) in [5.41, 5.74) is 16.1. The first-order valence-corrected chi connectivity index (χ1v) is 20.3. The van der Waals surface area contributed by atoms with Crippen LogP contribution >= 0.6 is 0 Å². The van der Waals surface area contributed by atoms with Crippen LogP contribution < -0.4 is 4.90 Å². The quantitative estimate of drug-likeness (QED) is 0.167. The largest absolute Gasteiger partial charge is 0.310 e. The molecule has 0 radical (unpaired) electrons. The Bertz CT molecular complexity index is 2500. The number of benzene rings is 7. The molecule has 4 fully saturated rings. The molecule has 0 amide bonds. The smallest absolute Gasteiger partial charge is 0.0543 e. The van der Waals surface area contributed by atoms with E-state index in [0.717, 1.165) is 17.8 Å². The van der Waals surface area contributed by atoms with Crippen LogP contribution in [0.4, 0.5) is 17.1 Å². The Hall–Kier alpha value is -5.40. The van der Waals surface area contributed by atoms with Crippen molar-refractivity contribution in [1.29, 1.82) is 0 Å². The number of fused-ring (bicyclic) bond motifs is 4. The molecule has 0 unspecified atom stereocenters. The minimum absolute atomic E-state index is 0.0648. The van der Waals surface area contributed by atoms with Gasteiger partial charge in [-0.15, -0.1) is 0 Å². The molecule has 0 atom stereocenters. The second-order valence-electron chi connectivity index (χ2n) is 17.6. The summed E-state index contributed by atoms with van der Waals surface area (Å²) in [6.07, 6.45) is 8.60. The van der Waals surface area contributed by atoms with Crippen molar-refractivity contribution in [2.45, 2.75) is 63.2 Å². The van der Waals surface area contributed by atoms with Gasteiger partial charge in [0.05, 0.1) is 5.69 Å². The molecule has 5 aliphatic rings. The molecule has 1 heteroatoms. The van der Waals surface area contributed by atoms with E-state index in [0.29, 0.717) is 5.41 Å². The third-order valence-electron chi connectivity index (χ3n) is 14.0. The molecular formula is C53H47N. The van der Waals surface area contributed by atoms with E-state index in [4.69, 9.17) is 0 Å². The zero-order valence-electron chi connectivity index (χ0n) is 31.4. The molecule has 0 aliphatic heterocycles. The van der Waals surface area contributed by atoms with Crippen LogP contribution in [0.15, 0.2) is 158 Å². The summed E-state index contributed by atoms with van der Waals surface area (Å²) < 4.78 is 0. The van der Waals surface area contributed by atoms with Crippen molar-refractivity contribution in [1.82, 2.24) is 0 Å². The SMILES string of the molecule is CC1(C)c2ccccc2-c2c(N(c3ccc(-c4cccc5cccc(-c6ccccc6)c45)cc3)c3ccc(C45CC6CC(CC(C6)C4)C5)cc3)cccc21. The van der Waals surface area contributed by atoms with Crippen molar-refractivity contribution in [2.75, 3.05) is 4.90 Å². The molecule has 0 saturated heterocycles. The zero-order valence-corrected chi connectivity index (χ0v) is 31.4. The Morgan fingerprint density at radius 2 is 0.981 bits per heavy atom. The van der Waals surface area contributed by atoms with E-state index >= 15 is 0 Å². The number of nitrogens with zero attached hydrogens (tertiary/aromatic N) is 1. The monoisotopic (exact) mass is 697 g/mol. The topological polar surface area (TPSA) is 3.24 Å². The van der Waals surface area contributed by atoms with Gasteiger partial charge in [-0.3, -0.25) is 0 Å². The summed E-state index contributed by atoms with van der Waals surface area (Å²) in [4.78, 5) is 2.53. The molecule has 54 heavy (non-hydrogen) atoms. The summed E-state index contributed by atoms with van der Waals surface area (Å²) in [5, 5.41) is 2.57. The van der Waals surface area contributed by atoms with Crippen LogP contribution in [0.5, 0.6) is 0 Å². The second kappa shape index (κ2) is 12.1. The fourth-order valence-corrected chi connectivity index (χ4v) is 12.0. The highest BCUT2D eigenvalue weighted by atomic mass is 15.1. The van der Waals surface area contributed by atoms with Crippen LogP contribution in [0.2, 0.25) is 0 Å². The third kappa shape index (κ3) is 4.90. The molecule has 0 spiro atoms. The number of anilines is 3. The summed E-state index contributed by atoms with van der Waals surface area (Å²) in [7, 11) is 0. The van der Waals surface area contributed by atoms with Crippen molar-refractivity contribution in [3.05, 3.63) is 174 Å². The molecule has 1 nitrogen and oxygen atoms in total. The first-order chi connectivity index (χ1) is 26.4. The van der Waals surface area contributed by atoms with Gasteiger partial charge in [-0.2, -0.15) is 0 Å². The molecule has 12 rings (SSSR count). The molecule has 0 aromatic heterocycles. The van der Waals surface area contributed by atoms with E-state index in [-0.39, 0.29) is 5.41 Å². The number of hydrogen-bond donors (Lipinski definition) is 0. The van der Waals surface area contributed by atoms with Gasteiger partial charge in [0.25, 0.3) is 0 Å². The van der Waals surface area contributed by atoms with Crippen molar-refractivity contribution in [2.24, 2.45) is 17.8 Å². The number of hydrogen-bond acceptors (Lipinski definition) is 1. The van der Waals surface area contributed by atoms with Gasteiger partial charge in [-0.05, 0) is 147 Å². The second-order valence-corrected chi connectivity index (χ2v) is 17.6.